The van der Waals surface area contributed by atoms with Crippen molar-refractivity contribution in [3.63, 3.8) is 0 Å². The van der Waals surface area contributed by atoms with Gasteiger partial charge in [-0.25, -0.2) is 9.97 Å². The number of amides is 1. The van der Waals surface area contributed by atoms with Crippen molar-refractivity contribution in [2.45, 2.75) is 6.92 Å². The van der Waals surface area contributed by atoms with E-state index in [0.717, 1.165) is 5.69 Å². The van der Waals surface area contributed by atoms with E-state index >= 15 is 0 Å². The summed E-state index contributed by atoms with van der Waals surface area (Å²) < 4.78 is 0.621. The third kappa shape index (κ3) is 3.07. The lowest BCUT2D eigenvalue weighted by Gasteiger charge is -2.04. The maximum atomic E-state index is 11.8. The molecular weight excluding hydrogens is 284 g/mol. The first-order valence-corrected chi connectivity index (χ1v) is 5.66. The Morgan fingerprint density at radius 2 is 2.12 bits per heavy atom. The number of aryl methyl sites for hydroxylation is 1. The first-order chi connectivity index (χ1) is 8.15. The van der Waals surface area contributed by atoms with Crippen molar-refractivity contribution < 1.29 is 4.79 Å². The van der Waals surface area contributed by atoms with Gasteiger partial charge in [0.1, 0.15) is 4.60 Å². The van der Waals surface area contributed by atoms with Crippen LogP contribution in [-0.2, 0) is 0 Å². The Morgan fingerprint density at radius 3 is 2.76 bits per heavy atom. The number of nitrogens with one attached hydrogen (secondary N) is 1. The summed E-state index contributed by atoms with van der Waals surface area (Å²) in [7, 11) is 0. The summed E-state index contributed by atoms with van der Waals surface area (Å²) in [5.41, 5.74) is 1.33. The fraction of sp³-hybridized carbons (Fsp3) is 0.0909. The molecule has 0 unspecified atom stereocenters. The number of nitrogens with zero attached hydrogens (tertiary/aromatic N) is 3. The molecule has 0 radical (unpaired) electrons. The SMILES string of the molecule is Cc1cc(C(=O)Nc2cnc(Br)cn2)ccn1. The van der Waals surface area contributed by atoms with Gasteiger partial charge in [0.15, 0.2) is 5.82 Å². The van der Waals surface area contributed by atoms with Crippen LogP contribution in [0.1, 0.15) is 16.1 Å². The Kier molecular flexibility index (Phi) is 3.43. The number of carbonyl (C=O) groups excluding carboxylic acids is 1. The van der Waals surface area contributed by atoms with Crippen molar-refractivity contribution >= 4 is 27.7 Å². The van der Waals surface area contributed by atoms with Crippen LogP contribution in [-0.4, -0.2) is 20.9 Å². The molecule has 1 N–H and O–H groups in total. The Morgan fingerprint density at radius 1 is 1.29 bits per heavy atom. The van der Waals surface area contributed by atoms with Crippen LogP contribution < -0.4 is 5.32 Å². The summed E-state index contributed by atoms with van der Waals surface area (Å²) in [6.45, 7) is 1.83. The second-order valence-corrected chi connectivity index (χ2v) is 4.18. The minimum absolute atomic E-state index is 0.230. The molecule has 0 saturated carbocycles. The molecule has 2 aromatic heterocycles. The van der Waals surface area contributed by atoms with Crippen molar-refractivity contribution in [3.05, 3.63) is 46.6 Å². The van der Waals surface area contributed by atoms with Crippen molar-refractivity contribution in [1.82, 2.24) is 15.0 Å². The van der Waals surface area contributed by atoms with Crippen molar-refractivity contribution in [1.29, 1.82) is 0 Å². The van der Waals surface area contributed by atoms with Crippen LogP contribution in [0.5, 0.6) is 0 Å². The largest absolute Gasteiger partial charge is 0.305 e. The maximum Gasteiger partial charge on any atom is 0.256 e. The molecule has 0 saturated heterocycles. The average molecular weight is 293 g/mol. The van der Waals surface area contributed by atoms with Crippen molar-refractivity contribution in [2.24, 2.45) is 0 Å². The Bertz CT molecular complexity index is 541. The molecule has 2 rings (SSSR count). The van der Waals surface area contributed by atoms with E-state index in [2.05, 4.69) is 36.2 Å². The predicted octanol–water partition coefficient (Wildman–Crippen LogP) is 2.19. The molecular formula is C11H9BrN4O. The van der Waals surface area contributed by atoms with Gasteiger partial charge in [0.2, 0.25) is 0 Å². The lowest BCUT2D eigenvalue weighted by atomic mass is 10.2. The van der Waals surface area contributed by atoms with Gasteiger partial charge >= 0.3 is 0 Å². The highest BCUT2D eigenvalue weighted by atomic mass is 79.9. The van der Waals surface area contributed by atoms with Crippen LogP contribution in [0.25, 0.3) is 0 Å². The van der Waals surface area contributed by atoms with E-state index in [0.29, 0.717) is 16.0 Å². The number of halogens is 1. The van der Waals surface area contributed by atoms with Crippen LogP contribution >= 0.6 is 15.9 Å². The Hall–Kier alpha value is -1.82. The minimum atomic E-state index is -0.230. The van der Waals surface area contributed by atoms with E-state index in [4.69, 9.17) is 0 Å². The summed E-state index contributed by atoms with van der Waals surface area (Å²) in [6, 6.07) is 3.36. The van der Waals surface area contributed by atoms with Gasteiger partial charge in [-0.05, 0) is 35.0 Å². The summed E-state index contributed by atoms with van der Waals surface area (Å²) in [5.74, 6) is 0.180. The van der Waals surface area contributed by atoms with Gasteiger partial charge in [-0.3, -0.25) is 9.78 Å². The van der Waals surface area contributed by atoms with E-state index in [1.54, 1.807) is 18.3 Å². The summed E-state index contributed by atoms with van der Waals surface area (Å²) in [5, 5.41) is 2.65. The van der Waals surface area contributed by atoms with Gasteiger partial charge in [0.05, 0.1) is 12.4 Å². The number of rotatable bonds is 2. The summed E-state index contributed by atoms with van der Waals surface area (Å²) in [4.78, 5) is 23.8. The Balaban J connectivity index is 2.14. The molecule has 2 heterocycles. The molecule has 0 aliphatic carbocycles. The highest BCUT2D eigenvalue weighted by Gasteiger charge is 2.07. The third-order valence-electron chi connectivity index (χ3n) is 2.02. The zero-order chi connectivity index (χ0) is 12.3. The smallest absolute Gasteiger partial charge is 0.256 e. The zero-order valence-electron chi connectivity index (χ0n) is 9.01. The molecule has 17 heavy (non-hydrogen) atoms. The van der Waals surface area contributed by atoms with E-state index in [1.807, 2.05) is 6.92 Å². The number of hydrogen-bond donors (Lipinski definition) is 1. The van der Waals surface area contributed by atoms with Crippen LogP contribution in [0.3, 0.4) is 0 Å². The molecule has 5 nitrogen and oxygen atoms in total. The zero-order valence-corrected chi connectivity index (χ0v) is 10.6. The summed E-state index contributed by atoms with van der Waals surface area (Å²) in [6.07, 6.45) is 4.60. The van der Waals surface area contributed by atoms with E-state index in [9.17, 15) is 4.79 Å². The predicted molar refractivity (Wildman–Crippen MR) is 66.7 cm³/mol. The highest BCUT2D eigenvalue weighted by molar-refractivity contribution is 9.10. The quantitative estimate of drug-likeness (QED) is 0.921. The first kappa shape index (κ1) is 11.7. The topological polar surface area (TPSA) is 67.8 Å². The van der Waals surface area contributed by atoms with E-state index in [-0.39, 0.29) is 5.91 Å². The number of anilines is 1. The van der Waals surface area contributed by atoms with Gasteiger partial charge in [0.25, 0.3) is 5.91 Å². The van der Waals surface area contributed by atoms with E-state index in [1.165, 1.54) is 12.4 Å². The van der Waals surface area contributed by atoms with Crippen molar-refractivity contribution in [2.75, 3.05) is 5.32 Å². The third-order valence-corrected chi connectivity index (χ3v) is 2.43. The minimum Gasteiger partial charge on any atom is -0.305 e. The molecule has 0 aliphatic heterocycles. The summed E-state index contributed by atoms with van der Waals surface area (Å²) >= 11 is 3.17. The van der Waals surface area contributed by atoms with Crippen LogP contribution in [0.15, 0.2) is 35.3 Å². The Labute approximate surface area is 106 Å². The van der Waals surface area contributed by atoms with Crippen molar-refractivity contribution in [3.8, 4) is 0 Å². The lowest BCUT2D eigenvalue weighted by molar-refractivity contribution is 0.102. The normalized spacial score (nSPS) is 10.0. The number of carbonyl (C=O) groups is 1. The van der Waals surface area contributed by atoms with Gasteiger partial charge < -0.3 is 5.32 Å². The first-order valence-electron chi connectivity index (χ1n) is 4.87. The van der Waals surface area contributed by atoms with Gasteiger partial charge in [-0.15, -0.1) is 0 Å². The standard InChI is InChI=1S/C11H9BrN4O/c1-7-4-8(2-3-13-7)11(17)16-10-6-14-9(12)5-15-10/h2-6H,1H3,(H,15,16,17). The molecule has 6 heteroatoms. The molecule has 0 fully saturated rings. The fourth-order valence-corrected chi connectivity index (χ4v) is 1.46. The molecule has 86 valence electrons. The lowest BCUT2D eigenvalue weighted by Crippen LogP contribution is -2.13. The van der Waals surface area contributed by atoms with Crippen LogP contribution in [0, 0.1) is 6.92 Å². The molecule has 0 aliphatic rings. The number of pyridine rings is 1. The molecule has 2 aromatic rings. The van der Waals surface area contributed by atoms with E-state index < -0.39 is 0 Å². The van der Waals surface area contributed by atoms with Gasteiger partial charge in [-0.2, -0.15) is 0 Å². The molecule has 1 amide bonds. The number of aromatic nitrogens is 3. The fourth-order valence-electron chi connectivity index (χ4n) is 1.25. The molecule has 0 bridgehead atoms. The molecule has 0 atom stereocenters. The highest BCUT2D eigenvalue weighted by Crippen LogP contribution is 2.08. The van der Waals surface area contributed by atoms with Crippen LogP contribution in [0.4, 0.5) is 5.82 Å². The second kappa shape index (κ2) is 5.01. The van der Waals surface area contributed by atoms with Gasteiger partial charge in [0, 0.05) is 17.5 Å². The monoisotopic (exact) mass is 292 g/mol. The van der Waals surface area contributed by atoms with Crippen LogP contribution in [0.2, 0.25) is 0 Å². The number of hydrogen-bond acceptors (Lipinski definition) is 4. The maximum absolute atomic E-state index is 11.8. The molecule has 0 spiro atoms. The molecule has 0 aromatic carbocycles. The average Bonchev–Trinajstić information content (AvgIpc) is 2.32. The van der Waals surface area contributed by atoms with Gasteiger partial charge in [-0.1, -0.05) is 0 Å². The second-order valence-electron chi connectivity index (χ2n) is 3.36.